The van der Waals surface area contributed by atoms with Crippen molar-refractivity contribution in [3.8, 4) is 5.97 Å². The van der Waals surface area contributed by atoms with E-state index in [0.29, 0.717) is 6.22 Å². The van der Waals surface area contributed by atoms with E-state index in [2.05, 4.69) is 0 Å². The zero-order chi connectivity index (χ0) is 4.83. The van der Waals surface area contributed by atoms with Gasteiger partial charge in [0.15, 0.2) is 7.41 Å². The molecule has 0 aromatic rings. The summed E-state index contributed by atoms with van der Waals surface area (Å²) in [4.78, 5) is 0. The topological polar surface area (TPSA) is 49.8 Å². The third-order valence-electron chi connectivity index (χ3n) is 0.345. The molecule has 0 atom stereocenters. The number of nitrogens with zero attached hydrogens (tertiary/aromatic N) is 1. The molecule has 0 spiro atoms. The molecule has 0 aliphatic heterocycles. The van der Waals surface area contributed by atoms with Gasteiger partial charge in [-0.1, -0.05) is 6.22 Å². The summed E-state index contributed by atoms with van der Waals surface area (Å²) in [6.45, 7) is 0. The van der Waals surface area contributed by atoms with Crippen molar-refractivity contribution in [3.63, 3.8) is 0 Å². The van der Waals surface area contributed by atoms with E-state index in [-0.39, 0.29) is 0 Å². The molecule has 4 heteroatoms. The Morgan fingerprint density at radius 2 is 2.50 bits per heavy atom. The summed E-state index contributed by atoms with van der Waals surface area (Å²) >= 11 is 0. The van der Waals surface area contributed by atoms with E-state index in [0.717, 1.165) is 0 Å². The Balaban J connectivity index is 2.54. The minimum atomic E-state index is 0.580. The molecule has 2 nitrogen and oxygen atoms in total. The molecule has 0 saturated heterocycles. The molecule has 2 N–H and O–H groups in total. The number of nitrogens with two attached hydrogens (primary N) is 1. The highest BCUT2D eigenvalue weighted by atomic mass is 14.3. The maximum absolute atomic E-state index is 7.82. The summed E-state index contributed by atoms with van der Waals surface area (Å²) < 4.78 is 0. The van der Waals surface area contributed by atoms with Gasteiger partial charge in [0.05, 0.1) is 0 Å². The first-order valence-corrected chi connectivity index (χ1v) is 1.66. The molecule has 0 aromatic carbocycles. The van der Waals surface area contributed by atoms with Crippen molar-refractivity contribution in [1.82, 2.24) is 0 Å². The molecule has 0 bridgehead atoms. The van der Waals surface area contributed by atoms with Gasteiger partial charge in [0.1, 0.15) is 0 Å². The molecule has 0 heterocycles. The summed E-state index contributed by atoms with van der Waals surface area (Å²) in [5, 5.41) is 7.82. The highest BCUT2D eigenvalue weighted by Gasteiger charge is 1.82. The quantitative estimate of drug-likeness (QED) is 0.344. The van der Waals surface area contributed by atoms with Gasteiger partial charge in [0, 0.05) is 0 Å². The van der Waals surface area contributed by atoms with Gasteiger partial charge >= 0.3 is 0 Å². The minimum absolute atomic E-state index is 0.580. The minimum Gasteiger partial charge on any atom is -0.375 e. The monoisotopic (exact) mass is 78.1 g/mol. The van der Waals surface area contributed by atoms with Crippen LogP contribution in [0.5, 0.6) is 0 Å². The fraction of sp³-hybridized carbons (Fsp3) is 0.500. The zero-order valence-corrected chi connectivity index (χ0v) is 3.39. The zero-order valence-electron chi connectivity index (χ0n) is 3.39. The Morgan fingerprint density at radius 3 is 2.67 bits per heavy atom. The van der Waals surface area contributed by atoms with Crippen LogP contribution in [0.3, 0.4) is 0 Å². The van der Waals surface area contributed by atoms with Crippen LogP contribution in [0.1, 0.15) is 0 Å². The Labute approximate surface area is 38.8 Å². The molecule has 0 amide bonds. The van der Waals surface area contributed by atoms with Crippen LogP contribution in [0.15, 0.2) is 0 Å². The van der Waals surface area contributed by atoms with E-state index in [1.807, 2.05) is 5.97 Å². The van der Waals surface area contributed by atoms with Crippen molar-refractivity contribution < 1.29 is 0 Å². The molecule has 0 aliphatic carbocycles. The van der Waals surface area contributed by atoms with Crippen LogP contribution in [-0.2, 0) is 0 Å². The fourth-order valence-corrected chi connectivity index (χ4v) is 0.121. The van der Waals surface area contributed by atoms with E-state index < -0.39 is 0 Å². The number of hydrogen-bond donors (Lipinski definition) is 1. The SMILES string of the molecule is N#C[B]C[B]N. The van der Waals surface area contributed by atoms with Crippen LogP contribution in [0.4, 0.5) is 0 Å². The molecule has 0 rings (SSSR count). The third-order valence-corrected chi connectivity index (χ3v) is 0.345. The van der Waals surface area contributed by atoms with Gasteiger partial charge in [-0.3, -0.25) is 0 Å². The summed E-state index contributed by atoms with van der Waals surface area (Å²) in [7, 11) is 2.86. The summed E-state index contributed by atoms with van der Waals surface area (Å²) in [6.07, 6.45) is 0.580. The second-order valence-electron chi connectivity index (χ2n) is 0.805. The lowest BCUT2D eigenvalue weighted by Crippen LogP contribution is -2.06. The van der Waals surface area contributed by atoms with Gasteiger partial charge < -0.3 is 5.64 Å². The van der Waals surface area contributed by atoms with Crippen LogP contribution in [0.25, 0.3) is 0 Å². The van der Waals surface area contributed by atoms with E-state index in [1.165, 1.54) is 14.7 Å². The largest absolute Gasteiger partial charge is 0.375 e. The second kappa shape index (κ2) is 4.58. The van der Waals surface area contributed by atoms with Gasteiger partial charge in [0.25, 0.3) is 0 Å². The Hall–Kier alpha value is -0.420. The summed E-state index contributed by atoms with van der Waals surface area (Å²) in [6, 6.07) is 0. The Kier molecular flexibility index (Phi) is 4.26. The third kappa shape index (κ3) is 3.58. The van der Waals surface area contributed by atoms with Crippen LogP contribution in [0.2, 0.25) is 6.22 Å². The van der Waals surface area contributed by atoms with Gasteiger partial charge in [-0.15, -0.1) is 0 Å². The molecule has 0 saturated carbocycles. The Morgan fingerprint density at radius 1 is 1.83 bits per heavy atom. The molecule has 6 heavy (non-hydrogen) atoms. The lowest BCUT2D eigenvalue weighted by Gasteiger charge is -1.71. The Bertz CT molecular complexity index is 57.1. The predicted octanol–water partition coefficient (Wildman–Crippen LogP) is -0.875. The van der Waals surface area contributed by atoms with Gasteiger partial charge in [-0.25, -0.2) is 5.26 Å². The first kappa shape index (κ1) is 5.58. The molecule has 0 unspecified atom stereocenters. The molecular weight excluding hydrogens is 73.7 g/mol. The van der Waals surface area contributed by atoms with Crippen molar-refractivity contribution in [3.05, 3.63) is 0 Å². The van der Waals surface area contributed by atoms with Gasteiger partial charge in [-0.05, 0) is 5.97 Å². The first-order chi connectivity index (χ1) is 2.91. The van der Waals surface area contributed by atoms with Crippen LogP contribution >= 0.6 is 0 Å². The molecule has 2 radical (unpaired) electrons. The maximum atomic E-state index is 7.82. The van der Waals surface area contributed by atoms with Crippen molar-refractivity contribution in [2.24, 2.45) is 5.64 Å². The maximum Gasteiger partial charge on any atom is 0.247 e. The standard InChI is InChI=1S/C2H4B2N2/c5-2-3-1-4-6/h1,6H2. The second-order valence-corrected chi connectivity index (χ2v) is 0.805. The van der Waals surface area contributed by atoms with Gasteiger partial charge in [0.2, 0.25) is 7.28 Å². The van der Waals surface area contributed by atoms with Crippen molar-refractivity contribution in [1.29, 1.82) is 5.26 Å². The predicted molar refractivity (Wildman–Crippen MR) is 26.1 cm³/mol. The van der Waals surface area contributed by atoms with Crippen molar-refractivity contribution in [2.45, 2.75) is 6.22 Å². The van der Waals surface area contributed by atoms with Crippen LogP contribution in [-0.4, -0.2) is 14.7 Å². The number of hydrogen-bond acceptors (Lipinski definition) is 2. The van der Waals surface area contributed by atoms with E-state index in [1.54, 1.807) is 0 Å². The van der Waals surface area contributed by atoms with Crippen molar-refractivity contribution in [2.75, 3.05) is 0 Å². The smallest absolute Gasteiger partial charge is 0.247 e. The average molecular weight is 77.7 g/mol. The fourth-order valence-electron chi connectivity index (χ4n) is 0.121. The molecule has 0 aliphatic rings. The normalized spacial score (nSPS) is 6.00. The first-order valence-electron chi connectivity index (χ1n) is 1.66. The van der Waals surface area contributed by atoms with E-state index >= 15 is 0 Å². The van der Waals surface area contributed by atoms with E-state index in [9.17, 15) is 0 Å². The lowest BCUT2D eigenvalue weighted by atomic mass is 9.63. The molecule has 0 fully saturated rings. The summed E-state index contributed by atoms with van der Waals surface area (Å²) in [5.41, 5.74) is 4.91. The number of rotatable bonds is 2. The van der Waals surface area contributed by atoms with Crippen molar-refractivity contribution >= 4 is 14.7 Å². The van der Waals surface area contributed by atoms with E-state index in [4.69, 9.17) is 10.9 Å². The average Bonchev–Trinajstić information content (AvgIpc) is 1.61. The molecular formula is C2H4B2N2. The van der Waals surface area contributed by atoms with Crippen LogP contribution < -0.4 is 5.64 Å². The summed E-state index contributed by atoms with van der Waals surface area (Å²) in [5.74, 6) is 1.83. The lowest BCUT2D eigenvalue weighted by molar-refractivity contribution is 1.56. The molecule has 28 valence electrons. The van der Waals surface area contributed by atoms with Crippen LogP contribution in [0, 0.1) is 11.2 Å². The highest BCUT2D eigenvalue weighted by molar-refractivity contribution is 6.59. The highest BCUT2D eigenvalue weighted by Crippen LogP contribution is 1.62. The van der Waals surface area contributed by atoms with Gasteiger partial charge in [-0.2, -0.15) is 0 Å². The number of nitriles is 1. The molecule has 0 aromatic heterocycles.